The Kier molecular flexibility index (Phi) is 5.69. The quantitative estimate of drug-likeness (QED) is 0.744. The van der Waals surface area contributed by atoms with Crippen LogP contribution in [0.5, 0.6) is 0 Å². The van der Waals surface area contributed by atoms with Crippen molar-refractivity contribution in [1.29, 1.82) is 0 Å². The summed E-state index contributed by atoms with van der Waals surface area (Å²) >= 11 is 0. The van der Waals surface area contributed by atoms with Gasteiger partial charge >= 0.3 is 0 Å². The Labute approximate surface area is 102 Å². The number of rotatable bonds is 7. The standard InChI is InChI=1S/C12H21N3O2/c1-3-4-10(5-6-16)7-13-12(17)11-8-15(2)9-14-11/h8-10,16H,3-7H2,1-2H3,(H,13,17). The molecule has 0 aromatic carbocycles. The smallest absolute Gasteiger partial charge is 0.271 e. The molecule has 17 heavy (non-hydrogen) atoms. The van der Waals surface area contributed by atoms with Crippen LogP contribution in [0.25, 0.3) is 0 Å². The van der Waals surface area contributed by atoms with Crippen molar-refractivity contribution in [2.24, 2.45) is 13.0 Å². The maximum absolute atomic E-state index is 11.7. The minimum atomic E-state index is -0.148. The molecule has 1 heterocycles. The van der Waals surface area contributed by atoms with Gasteiger partial charge in [-0.2, -0.15) is 0 Å². The van der Waals surface area contributed by atoms with Gasteiger partial charge in [-0.25, -0.2) is 4.98 Å². The van der Waals surface area contributed by atoms with E-state index in [1.807, 2.05) is 7.05 Å². The van der Waals surface area contributed by atoms with Gasteiger partial charge in [-0.3, -0.25) is 4.79 Å². The lowest BCUT2D eigenvalue weighted by Crippen LogP contribution is -2.30. The topological polar surface area (TPSA) is 67.2 Å². The molecule has 5 nitrogen and oxygen atoms in total. The molecule has 1 aromatic rings. The number of carbonyl (C=O) groups excluding carboxylic acids is 1. The highest BCUT2D eigenvalue weighted by Crippen LogP contribution is 2.09. The molecule has 0 fully saturated rings. The van der Waals surface area contributed by atoms with Gasteiger partial charge in [0.15, 0.2) is 0 Å². The zero-order valence-corrected chi connectivity index (χ0v) is 10.5. The number of hydrogen-bond acceptors (Lipinski definition) is 3. The number of nitrogens with zero attached hydrogens (tertiary/aromatic N) is 2. The van der Waals surface area contributed by atoms with E-state index in [4.69, 9.17) is 5.11 Å². The van der Waals surface area contributed by atoms with Crippen LogP contribution in [-0.2, 0) is 7.05 Å². The minimum Gasteiger partial charge on any atom is -0.396 e. The molecule has 1 rings (SSSR count). The van der Waals surface area contributed by atoms with E-state index in [-0.39, 0.29) is 12.5 Å². The Morgan fingerprint density at radius 3 is 2.88 bits per heavy atom. The van der Waals surface area contributed by atoms with Gasteiger partial charge in [-0.15, -0.1) is 0 Å². The molecule has 0 aliphatic heterocycles. The largest absolute Gasteiger partial charge is 0.396 e. The van der Waals surface area contributed by atoms with Gasteiger partial charge in [-0.1, -0.05) is 13.3 Å². The van der Waals surface area contributed by atoms with Crippen molar-refractivity contribution in [2.45, 2.75) is 26.2 Å². The highest BCUT2D eigenvalue weighted by Gasteiger charge is 2.12. The SMILES string of the molecule is CCCC(CCO)CNC(=O)c1cn(C)cn1. The first kappa shape index (κ1) is 13.7. The van der Waals surface area contributed by atoms with Gasteiger partial charge in [0.25, 0.3) is 5.91 Å². The molecule has 1 aromatic heterocycles. The summed E-state index contributed by atoms with van der Waals surface area (Å²) in [5.41, 5.74) is 0.437. The van der Waals surface area contributed by atoms with E-state index in [9.17, 15) is 4.79 Å². The van der Waals surface area contributed by atoms with Gasteiger partial charge in [0.2, 0.25) is 0 Å². The summed E-state index contributed by atoms with van der Waals surface area (Å²) in [5, 5.41) is 11.8. The lowest BCUT2D eigenvalue weighted by molar-refractivity contribution is 0.0938. The normalized spacial score (nSPS) is 12.4. The zero-order chi connectivity index (χ0) is 12.7. The molecule has 1 amide bonds. The number of imidazole rings is 1. The van der Waals surface area contributed by atoms with Crippen molar-refractivity contribution >= 4 is 5.91 Å². The molecular weight excluding hydrogens is 218 g/mol. The van der Waals surface area contributed by atoms with Crippen LogP contribution >= 0.6 is 0 Å². The van der Waals surface area contributed by atoms with E-state index in [1.54, 1.807) is 17.1 Å². The molecule has 1 atom stereocenters. The lowest BCUT2D eigenvalue weighted by Gasteiger charge is -2.14. The second-order valence-corrected chi connectivity index (χ2v) is 4.30. The van der Waals surface area contributed by atoms with Gasteiger partial charge in [0.05, 0.1) is 6.33 Å². The Balaban J connectivity index is 2.40. The van der Waals surface area contributed by atoms with E-state index in [0.29, 0.717) is 18.2 Å². The number of amides is 1. The van der Waals surface area contributed by atoms with Gasteiger partial charge < -0.3 is 15.0 Å². The summed E-state index contributed by atoms with van der Waals surface area (Å²) in [6.45, 7) is 2.87. The van der Waals surface area contributed by atoms with Gasteiger partial charge in [0, 0.05) is 26.4 Å². The van der Waals surface area contributed by atoms with Crippen LogP contribution in [0.3, 0.4) is 0 Å². The average molecular weight is 239 g/mol. The Morgan fingerprint density at radius 2 is 2.35 bits per heavy atom. The molecule has 0 saturated carbocycles. The van der Waals surface area contributed by atoms with Crippen molar-refractivity contribution in [3.05, 3.63) is 18.2 Å². The van der Waals surface area contributed by atoms with Crippen molar-refractivity contribution < 1.29 is 9.90 Å². The van der Waals surface area contributed by atoms with E-state index >= 15 is 0 Å². The molecule has 0 aliphatic carbocycles. The predicted octanol–water partition coefficient (Wildman–Crippen LogP) is 0.949. The average Bonchev–Trinajstić information content (AvgIpc) is 2.73. The Morgan fingerprint density at radius 1 is 1.59 bits per heavy atom. The third kappa shape index (κ3) is 4.56. The van der Waals surface area contributed by atoms with Crippen molar-refractivity contribution in [3.8, 4) is 0 Å². The fourth-order valence-electron chi connectivity index (χ4n) is 1.80. The fraction of sp³-hybridized carbons (Fsp3) is 0.667. The second-order valence-electron chi connectivity index (χ2n) is 4.30. The summed E-state index contributed by atoms with van der Waals surface area (Å²) < 4.78 is 1.74. The maximum atomic E-state index is 11.7. The van der Waals surface area contributed by atoms with E-state index in [2.05, 4.69) is 17.2 Å². The summed E-state index contributed by atoms with van der Waals surface area (Å²) in [5.74, 6) is 0.197. The van der Waals surface area contributed by atoms with Crippen LogP contribution in [0.2, 0.25) is 0 Å². The van der Waals surface area contributed by atoms with Gasteiger partial charge in [-0.05, 0) is 18.8 Å². The van der Waals surface area contributed by atoms with E-state index in [1.165, 1.54) is 0 Å². The van der Waals surface area contributed by atoms with E-state index < -0.39 is 0 Å². The van der Waals surface area contributed by atoms with E-state index in [0.717, 1.165) is 19.3 Å². The van der Waals surface area contributed by atoms with Crippen LogP contribution < -0.4 is 5.32 Å². The third-order valence-corrected chi connectivity index (χ3v) is 2.72. The summed E-state index contributed by atoms with van der Waals surface area (Å²) in [6, 6.07) is 0. The van der Waals surface area contributed by atoms with Gasteiger partial charge in [0.1, 0.15) is 5.69 Å². The summed E-state index contributed by atoms with van der Waals surface area (Å²) in [7, 11) is 1.83. The zero-order valence-electron chi connectivity index (χ0n) is 10.5. The molecule has 0 saturated heterocycles. The molecule has 2 N–H and O–H groups in total. The molecular formula is C12H21N3O2. The van der Waals surface area contributed by atoms with Crippen molar-refractivity contribution in [3.63, 3.8) is 0 Å². The molecule has 0 aliphatic rings. The van der Waals surface area contributed by atoms with Crippen LogP contribution in [0.4, 0.5) is 0 Å². The molecule has 0 spiro atoms. The van der Waals surface area contributed by atoms with Crippen LogP contribution in [0, 0.1) is 5.92 Å². The third-order valence-electron chi connectivity index (χ3n) is 2.72. The fourth-order valence-corrected chi connectivity index (χ4v) is 1.80. The highest BCUT2D eigenvalue weighted by molar-refractivity contribution is 5.91. The number of aryl methyl sites for hydroxylation is 1. The molecule has 96 valence electrons. The number of aliphatic hydroxyl groups excluding tert-OH is 1. The van der Waals surface area contributed by atoms with Crippen molar-refractivity contribution in [2.75, 3.05) is 13.2 Å². The Hall–Kier alpha value is -1.36. The Bertz CT molecular complexity index is 343. The van der Waals surface area contributed by atoms with Crippen molar-refractivity contribution in [1.82, 2.24) is 14.9 Å². The molecule has 1 unspecified atom stereocenters. The number of hydrogen-bond donors (Lipinski definition) is 2. The minimum absolute atomic E-state index is 0.148. The summed E-state index contributed by atoms with van der Waals surface area (Å²) in [4.78, 5) is 15.7. The second kappa shape index (κ2) is 7.06. The molecule has 0 bridgehead atoms. The van der Waals surface area contributed by atoms with Crippen LogP contribution in [-0.4, -0.2) is 33.7 Å². The number of aliphatic hydroxyl groups is 1. The lowest BCUT2D eigenvalue weighted by atomic mass is 10.0. The number of carbonyl (C=O) groups is 1. The number of aromatic nitrogens is 2. The van der Waals surface area contributed by atoms with Crippen LogP contribution in [0.15, 0.2) is 12.5 Å². The molecule has 5 heteroatoms. The highest BCUT2D eigenvalue weighted by atomic mass is 16.3. The predicted molar refractivity (Wildman–Crippen MR) is 65.6 cm³/mol. The maximum Gasteiger partial charge on any atom is 0.271 e. The first-order valence-electron chi connectivity index (χ1n) is 6.04. The number of nitrogens with one attached hydrogen (secondary N) is 1. The first-order valence-corrected chi connectivity index (χ1v) is 6.04. The molecule has 0 radical (unpaired) electrons. The summed E-state index contributed by atoms with van der Waals surface area (Å²) in [6.07, 6.45) is 6.10. The monoisotopic (exact) mass is 239 g/mol. The first-order chi connectivity index (χ1) is 8.17. The van der Waals surface area contributed by atoms with Crippen LogP contribution in [0.1, 0.15) is 36.7 Å².